The van der Waals surface area contributed by atoms with Crippen molar-refractivity contribution in [3.63, 3.8) is 0 Å². The van der Waals surface area contributed by atoms with E-state index in [1.165, 1.54) is 0 Å². The molecule has 1 aromatic rings. The minimum absolute atomic E-state index is 0.189. The fourth-order valence-corrected chi connectivity index (χ4v) is 2.41. The zero-order valence-corrected chi connectivity index (χ0v) is 12.5. The van der Waals surface area contributed by atoms with Crippen LogP contribution in [0.5, 0.6) is 5.75 Å². The average molecular weight is 313 g/mol. The molecule has 20 heavy (non-hydrogen) atoms. The molecule has 1 fully saturated rings. The molecule has 0 aromatic heterocycles. The van der Waals surface area contributed by atoms with Gasteiger partial charge in [-0.15, -0.1) is 0 Å². The first-order chi connectivity index (χ1) is 9.44. The van der Waals surface area contributed by atoms with Gasteiger partial charge in [0.15, 0.2) is 6.61 Å². The highest BCUT2D eigenvalue weighted by Gasteiger charge is 2.43. The fourth-order valence-electron chi connectivity index (χ4n) is 1.94. The van der Waals surface area contributed by atoms with Gasteiger partial charge >= 0.3 is 0 Å². The van der Waals surface area contributed by atoms with Gasteiger partial charge in [0.1, 0.15) is 11.3 Å². The van der Waals surface area contributed by atoms with E-state index >= 15 is 0 Å². The van der Waals surface area contributed by atoms with Crippen molar-refractivity contribution < 1.29 is 9.53 Å². The summed E-state index contributed by atoms with van der Waals surface area (Å²) in [7, 11) is 0. The summed E-state index contributed by atoms with van der Waals surface area (Å²) in [5.41, 5.74) is -0.815. The van der Waals surface area contributed by atoms with Crippen LogP contribution in [-0.4, -0.2) is 18.1 Å². The Morgan fingerprint density at radius 1 is 1.55 bits per heavy atom. The van der Waals surface area contributed by atoms with E-state index < -0.39 is 5.54 Å². The largest absolute Gasteiger partial charge is 0.482 e. The van der Waals surface area contributed by atoms with Crippen molar-refractivity contribution >= 4 is 29.1 Å². The molecule has 1 aromatic carbocycles. The molecule has 6 heteroatoms. The quantitative estimate of drug-likeness (QED) is 0.908. The van der Waals surface area contributed by atoms with Crippen LogP contribution in [0.1, 0.15) is 19.8 Å². The SMILES string of the molecule is CC(C#N)(NC(=O)COc1ccc(Cl)cc1Cl)C1CC1. The van der Waals surface area contributed by atoms with Crippen LogP contribution in [0.2, 0.25) is 10.0 Å². The molecule has 0 radical (unpaired) electrons. The lowest BCUT2D eigenvalue weighted by atomic mass is 9.98. The summed E-state index contributed by atoms with van der Waals surface area (Å²) in [6.45, 7) is 1.54. The molecular weight excluding hydrogens is 299 g/mol. The van der Waals surface area contributed by atoms with E-state index in [9.17, 15) is 4.79 Å². The molecule has 1 atom stereocenters. The third-order valence-electron chi connectivity index (χ3n) is 3.28. The lowest BCUT2D eigenvalue weighted by Crippen LogP contribution is -2.48. The Bertz CT molecular complexity index is 567. The van der Waals surface area contributed by atoms with E-state index in [2.05, 4.69) is 11.4 Å². The van der Waals surface area contributed by atoms with E-state index in [4.69, 9.17) is 33.2 Å². The third kappa shape index (κ3) is 3.56. The molecule has 1 amide bonds. The fraction of sp³-hybridized carbons (Fsp3) is 0.429. The number of hydrogen-bond donors (Lipinski definition) is 1. The zero-order valence-electron chi connectivity index (χ0n) is 11.0. The zero-order chi connectivity index (χ0) is 14.8. The predicted molar refractivity (Wildman–Crippen MR) is 76.8 cm³/mol. The van der Waals surface area contributed by atoms with E-state index in [0.717, 1.165) is 12.8 Å². The van der Waals surface area contributed by atoms with Gasteiger partial charge in [-0.25, -0.2) is 0 Å². The summed E-state index contributed by atoms with van der Waals surface area (Å²) in [5, 5.41) is 12.7. The van der Waals surface area contributed by atoms with Gasteiger partial charge in [-0.1, -0.05) is 23.2 Å². The number of carbonyl (C=O) groups is 1. The van der Waals surface area contributed by atoms with Gasteiger partial charge in [-0.2, -0.15) is 5.26 Å². The maximum Gasteiger partial charge on any atom is 0.259 e. The molecule has 1 unspecified atom stereocenters. The highest BCUT2D eigenvalue weighted by molar-refractivity contribution is 6.35. The van der Waals surface area contributed by atoms with Gasteiger partial charge in [-0.05, 0) is 43.9 Å². The number of ether oxygens (including phenoxy) is 1. The molecular formula is C14H14Cl2N2O2. The van der Waals surface area contributed by atoms with E-state index in [1.54, 1.807) is 25.1 Å². The van der Waals surface area contributed by atoms with Crippen LogP contribution in [0.15, 0.2) is 18.2 Å². The standard InChI is InChI=1S/C14H14Cl2N2O2/c1-14(8-17,9-2-3-9)18-13(19)7-20-12-5-4-10(15)6-11(12)16/h4-6,9H,2-3,7H2,1H3,(H,18,19). The molecule has 1 aliphatic carbocycles. The number of amides is 1. The summed E-state index contributed by atoms with van der Waals surface area (Å²) in [4.78, 5) is 11.8. The topological polar surface area (TPSA) is 62.1 Å². The molecule has 1 N–H and O–H groups in total. The van der Waals surface area contributed by atoms with Crippen molar-refractivity contribution in [1.29, 1.82) is 5.26 Å². The number of nitrogens with one attached hydrogen (secondary N) is 1. The monoisotopic (exact) mass is 312 g/mol. The van der Waals surface area contributed by atoms with Gasteiger partial charge in [-0.3, -0.25) is 4.79 Å². The van der Waals surface area contributed by atoms with Gasteiger partial charge < -0.3 is 10.1 Å². The van der Waals surface area contributed by atoms with E-state index in [0.29, 0.717) is 15.8 Å². The van der Waals surface area contributed by atoms with Gasteiger partial charge in [0.2, 0.25) is 0 Å². The average Bonchev–Trinajstić information content (AvgIpc) is 3.22. The van der Waals surface area contributed by atoms with Crippen molar-refractivity contribution in [3.8, 4) is 11.8 Å². The normalized spacial score (nSPS) is 16.9. The lowest BCUT2D eigenvalue weighted by molar-refractivity contribution is -0.124. The first-order valence-corrected chi connectivity index (χ1v) is 7.00. The van der Waals surface area contributed by atoms with Crippen LogP contribution in [0.4, 0.5) is 0 Å². The molecule has 2 rings (SSSR count). The summed E-state index contributed by atoms with van der Waals surface area (Å²) >= 11 is 11.7. The highest BCUT2D eigenvalue weighted by Crippen LogP contribution is 2.39. The van der Waals surface area contributed by atoms with Crippen LogP contribution < -0.4 is 10.1 Å². The van der Waals surface area contributed by atoms with Crippen LogP contribution in [0.25, 0.3) is 0 Å². The number of carbonyl (C=O) groups excluding carboxylic acids is 1. The van der Waals surface area contributed by atoms with Crippen LogP contribution in [0.3, 0.4) is 0 Å². The number of benzene rings is 1. The Morgan fingerprint density at radius 2 is 2.25 bits per heavy atom. The maximum absolute atomic E-state index is 11.8. The highest BCUT2D eigenvalue weighted by atomic mass is 35.5. The minimum Gasteiger partial charge on any atom is -0.482 e. The molecule has 0 spiro atoms. The van der Waals surface area contributed by atoms with Gasteiger partial charge in [0.25, 0.3) is 5.91 Å². The third-order valence-corrected chi connectivity index (χ3v) is 3.81. The van der Waals surface area contributed by atoms with Crippen molar-refractivity contribution in [1.82, 2.24) is 5.32 Å². The van der Waals surface area contributed by atoms with Crippen molar-refractivity contribution in [3.05, 3.63) is 28.2 Å². The van der Waals surface area contributed by atoms with Gasteiger partial charge in [0, 0.05) is 5.02 Å². The van der Waals surface area contributed by atoms with E-state index in [-0.39, 0.29) is 18.4 Å². The molecule has 0 aliphatic heterocycles. The van der Waals surface area contributed by atoms with Crippen molar-refractivity contribution in [2.24, 2.45) is 5.92 Å². The van der Waals surface area contributed by atoms with Crippen molar-refractivity contribution in [2.45, 2.75) is 25.3 Å². The number of nitriles is 1. The molecule has 0 bridgehead atoms. The first kappa shape index (κ1) is 15.0. The Kier molecular flexibility index (Phi) is 4.42. The molecule has 0 saturated heterocycles. The van der Waals surface area contributed by atoms with Gasteiger partial charge in [0.05, 0.1) is 11.1 Å². The summed E-state index contributed by atoms with van der Waals surface area (Å²) < 4.78 is 5.33. The Morgan fingerprint density at radius 3 is 2.80 bits per heavy atom. The molecule has 106 valence electrons. The first-order valence-electron chi connectivity index (χ1n) is 6.25. The number of halogens is 2. The minimum atomic E-state index is -0.815. The maximum atomic E-state index is 11.8. The molecule has 1 aliphatic rings. The molecule has 0 heterocycles. The van der Waals surface area contributed by atoms with Crippen LogP contribution >= 0.6 is 23.2 Å². The number of rotatable bonds is 5. The Labute approximate surface area is 127 Å². The van der Waals surface area contributed by atoms with Crippen LogP contribution in [0, 0.1) is 17.2 Å². The summed E-state index contributed by atoms with van der Waals surface area (Å²) in [5.74, 6) is 0.277. The van der Waals surface area contributed by atoms with Crippen molar-refractivity contribution in [2.75, 3.05) is 6.61 Å². The smallest absolute Gasteiger partial charge is 0.259 e. The number of hydrogen-bond acceptors (Lipinski definition) is 3. The molecule has 4 nitrogen and oxygen atoms in total. The van der Waals surface area contributed by atoms with E-state index in [1.807, 2.05) is 0 Å². The summed E-state index contributed by atoms with van der Waals surface area (Å²) in [6, 6.07) is 6.93. The second-order valence-electron chi connectivity index (χ2n) is 5.00. The Balaban J connectivity index is 1.90. The Hall–Kier alpha value is -1.44. The molecule has 1 saturated carbocycles. The second-order valence-corrected chi connectivity index (χ2v) is 5.84. The second kappa shape index (κ2) is 5.90. The lowest BCUT2D eigenvalue weighted by Gasteiger charge is -2.22. The number of nitrogens with zero attached hydrogens (tertiary/aromatic N) is 1. The summed E-state index contributed by atoms with van der Waals surface area (Å²) in [6.07, 6.45) is 1.93. The van der Waals surface area contributed by atoms with Crippen LogP contribution in [-0.2, 0) is 4.79 Å². The predicted octanol–water partition coefficient (Wildman–Crippen LogP) is 3.18.